The first-order valence-electron chi connectivity index (χ1n) is 7.68. The number of hydrogen-bond acceptors (Lipinski definition) is 4. The van der Waals surface area contributed by atoms with E-state index in [0.29, 0.717) is 38.6 Å². The lowest BCUT2D eigenvalue weighted by atomic mass is 9.86. The topological polar surface area (TPSA) is 120 Å². The molecule has 0 aliphatic heterocycles. The molecule has 0 saturated heterocycles. The molecule has 23 heavy (non-hydrogen) atoms. The van der Waals surface area contributed by atoms with E-state index in [4.69, 9.17) is 13.0 Å². The number of nitrogens with one attached hydrogen (secondary N) is 4. The van der Waals surface area contributed by atoms with Crippen molar-refractivity contribution in [1.29, 1.82) is 0 Å². The summed E-state index contributed by atoms with van der Waals surface area (Å²) in [6.45, 7) is 2.24. The van der Waals surface area contributed by atoms with Gasteiger partial charge in [-0.3, -0.25) is 15.0 Å². The van der Waals surface area contributed by atoms with Crippen LogP contribution in [0.5, 0.6) is 0 Å². The molecule has 9 heteroatoms. The summed E-state index contributed by atoms with van der Waals surface area (Å²) >= 11 is 0. The molecular formula is C14H23BN4O4. The summed E-state index contributed by atoms with van der Waals surface area (Å²) in [4.78, 5) is 33.2. The van der Waals surface area contributed by atoms with E-state index in [2.05, 4.69) is 21.5 Å². The van der Waals surface area contributed by atoms with E-state index in [1.165, 1.54) is 0 Å². The Bertz CT molecular complexity index is 460. The highest BCUT2D eigenvalue weighted by atomic mass is 16.4. The fraction of sp³-hybridized carbons (Fsp3) is 0.643. The Labute approximate surface area is 136 Å². The van der Waals surface area contributed by atoms with Crippen LogP contribution >= 0.6 is 0 Å². The molecule has 0 aromatic rings. The van der Waals surface area contributed by atoms with Crippen molar-refractivity contribution >= 4 is 25.7 Å². The van der Waals surface area contributed by atoms with Crippen molar-refractivity contribution in [3.05, 3.63) is 11.8 Å². The molecule has 1 aliphatic carbocycles. The third-order valence-electron chi connectivity index (χ3n) is 3.77. The minimum Gasteiger partial charge on any atom is -0.481 e. The smallest absolute Gasteiger partial charge is 0.333 e. The molecule has 0 bridgehead atoms. The van der Waals surface area contributed by atoms with Gasteiger partial charge in [0.1, 0.15) is 0 Å². The van der Waals surface area contributed by atoms with E-state index in [1.807, 2.05) is 6.92 Å². The maximum absolute atomic E-state index is 11.6. The van der Waals surface area contributed by atoms with Gasteiger partial charge in [-0.25, -0.2) is 10.2 Å². The average Bonchev–Trinajstić information content (AvgIpc) is 2.51. The number of hydrazine groups is 1. The molecule has 1 unspecified atom stereocenters. The average molecular weight is 322 g/mol. The third-order valence-corrected chi connectivity index (χ3v) is 3.77. The zero-order chi connectivity index (χ0) is 17.2. The van der Waals surface area contributed by atoms with E-state index in [9.17, 15) is 14.4 Å². The van der Waals surface area contributed by atoms with Crippen LogP contribution in [0.2, 0.25) is 0 Å². The summed E-state index contributed by atoms with van der Waals surface area (Å²) in [7, 11) is 5.04. The third kappa shape index (κ3) is 7.69. The van der Waals surface area contributed by atoms with Gasteiger partial charge in [0.2, 0.25) is 7.85 Å². The SMILES string of the molecule is [B]C(=O)NC(CC)CNNC(=O)NC=C1CCC(C(=O)O)CC1. The number of hydrogen-bond donors (Lipinski definition) is 5. The molecule has 1 atom stereocenters. The van der Waals surface area contributed by atoms with E-state index in [-0.39, 0.29) is 12.0 Å². The summed E-state index contributed by atoms with van der Waals surface area (Å²) < 4.78 is 0. The molecule has 1 aliphatic rings. The second-order valence-electron chi connectivity index (χ2n) is 5.51. The second-order valence-corrected chi connectivity index (χ2v) is 5.51. The molecule has 0 spiro atoms. The molecule has 5 N–H and O–H groups in total. The first-order chi connectivity index (χ1) is 10.9. The highest BCUT2D eigenvalue weighted by molar-refractivity contribution is 6.57. The lowest BCUT2D eigenvalue weighted by molar-refractivity contribution is -0.142. The Morgan fingerprint density at radius 1 is 1.35 bits per heavy atom. The van der Waals surface area contributed by atoms with Gasteiger partial charge in [-0.2, -0.15) is 0 Å². The second kappa shape index (κ2) is 9.88. The first-order valence-corrected chi connectivity index (χ1v) is 7.68. The lowest BCUT2D eigenvalue weighted by Crippen LogP contribution is -2.49. The van der Waals surface area contributed by atoms with Crippen LogP contribution in [0.4, 0.5) is 9.59 Å². The van der Waals surface area contributed by atoms with Gasteiger partial charge in [0.05, 0.1) is 5.92 Å². The number of carbonyl (C=O) groups excluding carboxylic acids is 2. The molecule has 3 amide bonds. The number of carbonyl (C=O) groups is 3. The van der Waals surface area contributed by atoms with Gasteiger partial charge in [0.15, 0.2) is 5.81 Å². The standard InChI is InChI=1S/C14H23BN4O4/c1-2-11(18-13(15)22)8-17-19-14(23)16-7-9-3-5-10(6-4-9)12(20)21/h7,10-11,17H,2-6,8H2,1H3,(H,18,22)(H,20,21)(H2,16,19,23). The van der Waals surface area contributed by atoms with Crippen LogP contribution in [0.25, 0.3) is 0 Å². The first kappa shape index (κ1) is 19.0. The molecule has 0 heterocycles. The number of carboxylic acid groups (broad SMARTS) is 1. The van der Waals surface area contributed by atoms with Crippen LogP contribution in [0.1, 0.15) is 39.0 Å². The maximum atomic E-state index is 11.6. The maximum Gasteiger partial charge on any atom is 0.333 e. The van der Waals surface area contributed by atoms with Crippen LogP contribution in [0.3, 0.4) is 0 Å². The minimum absolute atomic E-state index is 0.169. The molecule has 126 valence electrons. The van der Waals surface area contributed by atoms with Gasteiger partial charge in [0, 0.05) is 18.8 Å². The predicted molar refractivity (Wildman–Crippen MR) is 85.7 cm³/mol. The Morgan fingerprint density at radius 3 is 2.52 bits per heavy atom. The number of rotatable bonds is 7. The fourth-order valence-corrected chi connectivity index (χ4v) is 2.34. The summed E-state index contributed by atoms with van der Waals surface area (Å²) in [6, 6.07) is -0.593. The van der Waals surface area contributed by atoms with E-state index < -0.39 is 17.8 Å². The van der Waals surface area contributed by atoms with Crippen molar-refractivity contribution in [3.63, 3.8) is 0 Å². The number of carboxylic acids is 1. The van der Waals surface area contributed by atoms with Gasteiger partial charge in [-0.05, 0) is 32.1 Å². The highest BCUT2D eigenvalue weighted by Gasteiger charge is 2.22. The molecule has 0 aromatic heterocycles. The van der Waals surface area contributed by atoms with Gasteiger partial charge < -0.3 is 15.7 Å². The number of amides is 3. The van der Waals surface area contributed by atoms with Crippen molar-refractivity contribution < 1.29 is 19.5 Å². The van der Waals surface area contributed by atoms with E-state index in [1.54, 1.807) is 6.20 Å². The summed E-state index contributed by atoms with van der Waals surface area (Å²) in [5.74, 6) is -1.65. The molecule has 8 nitrogen and oxygen atoms in total. The molecule has 1 fully saturated rings. The van der Waals surface area contributed by atoms with Gasteiger partial charge >= 0.3 is 12.0 Å². The molecule has 0 aromatic carbocycles. The van der Waals surface area contributed by atoms with Crippen molar-refractivity contribution in [3.8, 4) is 0 Å². The van der Waals surface area contributed by atoms with Gasteiger partial charge in [-0.1, -0.05) is 12.5 Å². The van der Waals surface area contributed by atoms with Gasteiger partial charge in [0.25, 0.3) is 0 Å². The summed E-state index contributed by atoms with van der Waals surface area (Å²) in [5.41, 5.74) is 6.20. The zero-order valence-corrected chi connectivity index (χ0v) is 13.2. The van der Waals surface area contributed by atoms with E-state index >= 15 is 0 Å². The molecule has 1 saturated carbocycles. The lowest BCUT2D eigenvalue weighted by Gasteiger charge is -2.20. The van der Waals surface area contributed by atoms with Crippen LogP contribution in [0.15, 0.2) is 11.8 Å². The van der Waals surface area contributed by atoms with Crippen LogP contribution in [0, 0.1) is 5.92 Å². The van der Waals surface area contributed by atoms with Crippen LogP contribution in [-0.2, 0) is 4.79 Å². The Hall–Kier alpha value is -2.03. The van der Waals surface area contributed by atoms with Crippen LogP contribution < -0.4 is 21.5 Å². The normalized spacial score (nSPS) is 18.7. The summed E-state index contributed by atoms with van der Waals surface area (Å²) in [6.07, 6.45) is 4.83. The molecule has 2 radical (unpaired) electrons. The Kier molecular flexibility index (Phi) is 8.17. The van der Waals surface area contributed by atoms with Crippen molar-refractivity contribution in [2.24, 2.45) is 5.92 Å². The molecular weight excluding hydrogens is 299 g/mol. The van der Waals surface area contributed by atoms with Crippen LogP contribution in [-0.4, -0.2) is 43.3 Å². The molecule has 1 rings (SSSR count). The number of urea groups is 1. The fourth-order valence-electron chi connectivity index (χ4n) is 2.34. The van der Waals surface area contributed by atoms with Crippen molar-refractivity contribution in [1.82, 2.24) is 21.5 Å². The summed E-state index contributed by atoms with van der Waals surface area (Å²) in [5, 5.41) is 14.1. The largest absolute Gasteiger partial charge is 0.481 e. The number of aliphatic carboxylic acids is 1. The Balaban J connectivity index is 2.23. The van der Waals surface area contributed by atoms with Crippen molar-refractivity contribution in [2.75, 3.05) is 6.54 Å². The van der Waals surface area contributed by atoms with Gasteiger partial charge in [-0.15, -0.1) is 0 Å². The Morgan fingerprint density at radius 2 is 2.00 bits per heavy atom. The zero-order valence-electron chi connectivity index (χ0n) is 13.2. The van der Waals surface area contributed by atoms with Crippen molar-refractivity contribution in [2.45, 2.75) is 45.1 Å². The minimum atomic E-state index is -0.756. The van der Waals surface area contributed by atoms with E-state index in [0.717, 1.165) is 5.57 Å². The quantitative estimate of drug-likeness (QED) is 0.347. The monoisotopic (exact) mass is 322 g/mol. The highest BCUT2D eigenvalue weighted by Crippen LogP contribution is 2.27. The predicted octanol–water partition coefficient (Wildman–Crippen LogP) is 0.606. The number of allylic oxidation sites excluding steroid dienone is 1.